The first kappa shape index (κ1) is 17.8. The molecule has 0 unspecified atom stereocenters. The molecule has 0 aliphatic heterocycles. The van der Waals surface area contributed by atoms with E-state index in [-0.39, 0.29) is 11.4 Å². The van der Waals surface area contributed by atoms with Crippen molar-refractivity contribution in [2.24, 2.45) is 0 Å². The lowest BCUT2D eigenvalue weighted by Crippen LogP contribution is -2.12. The van der Waals surface area contributed by atoms with Gasteiger partial charge in [0.25, 0.3) is 0 Å². The van der Waals surface area contributed by atoms with Crippen molar-refractivity contribution < 1.29 is 9.53 Å². The molecule has 2 N–H and O–H groups in total. The van der Waals surface area contributed by atoms with Gasteiger partial charge in [-0.25, -0.2) is 9.48 Å². The standard InChI is InChI=1S/C19H25N3O2/c1-6-24-18(23)13(2)11-14-7-9-15(10-8-14)22-17(20)12-16(21-22)19(3,4)5/h7-12H,6,20H2,1-5H3/b13-11+. The van der Waals surface area contributed by atoms with Crippen LogP contribution in [0.4, 0.5) is 5.82 Å². The number of nitrogen functional groups attached to an aromatic ring is 1. The molecule has 0 spiro atoms. The molecule has 1 heterocycles. The van der Waals surface area contributed by atoms with E-state index in [0.717, 1.165) is 16.9 Å². The monoisotopic (exact) mass is 327 g/mol. The van der Waals surface area contributed by atoms with Gasteiger partial charge in [0, 0.05) is 17.1 Å². The Kier molecular flexibility index (Phi) is 5.12. The predicted molar refractivity (Wildman–Crippen MR) is 97.0 cm³/mol. The smallest absolute Gasteiger partial charge is 0.333 e. The van der Waals surface area contributed by atoms with E-state index in [1.807, 2.05) is 30.3 Å². The lowest BCUT2D eigenvalue weighted by Gasteiger charge is -2.14. The molecule has 0 atom stereocenters. The lowest BCUT2D eigenvalue weighted by atomic mass is 9.92. The van der Waals surface area contributed by atoms with E-state index in [1.165, 1.54) is 0 Å². The van der Waals surface area contributed by atoms with E-state index in [2.05, 4.69) is 25.9 Å². The quantitative estimate of drug-likeness (QED) is 0.686. The number of ether oxygens (including phenoxy) is 1. The third-order valence-corrected chi connectivity index (χ3v) is 3.62. The highest BCUT2D eigenvalue weighted by Gasteiger charge is 2.19. The van der Waals surface area contributed by atoms with Gasteiger partial charge in [-0.05, 0) is 37.6 Å². The number of esters is 1. The first-order valence-corrected chi connectivity index (χ1v) is 8.04. The average molecular weight is 327 g/mol. The average Bonchev–Trinajstić information content (AvgIpc) is 2.90. The number of carbonyl (C=O) groups excluding carboxylic acids is 1. The molecule has 0 fully saturated rings. The maximum absolute atomic E-state index is 11.7. The van der Waals surface area contributed by atoms with E-state index in [1.54, 1.807) is 24.6 Å². The van der Waals surface area contributed by atoms with Crippen LogP contribution in [0.1, 0.15) is 45.9 Å². The van der Waals surface area contributed by atoms with Crippen molar-refractivity contribution >= 4 is 17.9 Å². The topological polar surface area (TPSA) is 70.1 Å². The van der Waals surface area contributed by atoms with E-state index >= 15 is 0 Å². The van der Waals surface area contributed by atoms with Crippen molar-refractivity contribution in [2.45, 2.75) is 40.0 Å². The second-order valence-corrected chi connectivity index (χ2v) is 6.76. The summed E-state index contributed by atoms with van der Waals surface area (Å²) in [5, 5.41) is 4.60. The van der Waals surface area contributed by atoms with Crippen LogP contribution in [0.5, 0.6) is 0 Å². The maximum atomic E-state index is 11.7. The fourth-order valence-corrected chi connectivity index (χ4v) is 2.23. The number of hydrogen-bond donors (Lipinski definition) is 1. The van der Waals surface area contributed by atoms with Crippen LogP contribution in [0.25, 0.3) is 11.8 Å². The molecule has 128 valence electrons. The number of carbonyl (C=O) groups is 1. The Balaban J connectivity index is 2.26. The Morgan fingerprint density at radius 3 is 2.42 bits per heavy atom. The summed E-state index contributed by atoms with van der Waals surface area (Å²) in [5.41, 5.74) is 9.35. The minimum Gasteiger partial charge on any atom is -0.463 e. The minimum atomic E-state index is -0.298. The van der Waals surface area contributed by atoms with Gasteiger partial charge in [-0.1, -0.05) is 32.9 Å². The number of rotatable bonds is 4. The van der Waals surface area contributed by atoms with Crippen LogP contribution < -0.4 is 5.73 Å². The molecule has 1 aromatic carbocycles. The molecule has 0 aliphatic rings. The third-order valence-electron chi connectivity index (χ3n) is 3.62. The predicted octanol–water partition coefficient (Wildman–Crippen LogP) is 3.72. The van der Waals surface area contributed by atoms with Crippen LogP contribution >= 0.6 is 0 Å². The second-order valence-electron chi connectivity index (χ2n) is 6.76. The zero-order chi connectivity index (χ0) is 17.9. The number of nitrogens with zero attached hydrogens (tertiary/aromatic N) is 2. The SMILES string of the molecule is CCOC(=O)/C(C)=C/c1ccc(-n2nc(C(C)(C)C)cc2N)cc1. The summed E-state index contributed by atoms with van der Waals surface area (Å²) in [7, 11) is 0. The van der Waals surface area contributed by atoms with Crippen molar-refractivity contribution in [1.82, 2.24) is 9.78 Å². The first-order chi connectivity index (χ1) is 11.2. The van der Waals surface area contributed by atoms with Gasteiger partial charge in [0.2, 0.25) is 0 Å². The zero-order valence-corrected chi connectivity index (χ0v) is 15.0. The van der Waals surface area contributed by atoms with Gasteiger partial charge in [0.05, 0.1) is 18.0 Å². The van der Waals surface area contributed by atoms with Crippen molar-refractivity contribution in [3.8, 4) is 5.69 Å². The Morgan fingerprint density at radius 2 is 1.92 bits per heavy atom. The Labute approximate surface area is 143 Å². The summed E-state index contributed by atoms with van der Waals surface area (Å²) in [6, 6.07) is 9.62. The van der Waals surface area contributed by atoms with Crippen LogP contribution in [-0.2, 0) is 14.9 Å². The van der Waals surface area contributed by atoms with Gasteiger partial charge >= 0.3 is 5.97 Å². The van der Waals surface area contributed by atoms with Crippen LogP contribution in [0.15, 0.2) is 35.9 Å². The van der Waals surface area contributed by atoms with E-state index in [4.69, 9.17) is 10.5 Å². The van der Waals surface area contributed by atoms with Crippen molar-refractivity contribution in [3.05, 3.63) is 47.2 Å². The van der Waals surface area contributed by atoms with Gasteiger partial charge in [0.15, 0.2) is 0 Å². The number of anilines is 1. The van der Waals surface area contributed by atoms with E-state index in [0.29, 0.717) is 18.0 Å². The number of hydrogen-bond acceptors (Lipinski definition) is 4. The molecule has 24 heavy (non-hydrogen) atoms. The second kappa shape index (κ2) is 6.91. The number of nitrogens with two attached hydrogens (primary N) is 1. The largest absolute Gasteiger partial charge is 0.463 e. The Hall–Kier alpha value is -2.56. The fourth-order valence-electron chi connectivity index (χ4n) is 2.23. The van der Waals surface area contributed by atoms with Gasteiger partial charge in [-0.3, -0.25) is 0 Å². The van der Waals surface area contributed by atoms with Crippen LogP contribution in [0.3, 0.4) is 0 Å². The molecular weight excluding hydrogens is 302 g/mol. The van der Waals surface area contributed by atoms with Crippen molar-refractivity contribution in [2.75, 3.05) is 12.3 Å². The number of aromatic nitrogens is 2. The Bertz CT molecular complexity index is 750. The van der Waals surface area contributed by atoms with Gasteiger partial charge in [-0.15, -0.1) is 0 Å². The highest BCUT2D eigenvalue weighted by molar-refractivity contribution is 5.93. The van der Waals surface area contributed by atoms with Crippen LogP contribution in [0.2, 0.25) is 0 Å². The molecule has 0 saturated carbocycles. The van der Waals surface area contributed by atoms with Crippen LogP contribution in [-0.4, -0.2) is 22.4 Å². The molecule has 1 aromatic heterocycles. The molecule has 2 aromatic rings. The summed E-state index contributed by atoms with van der Waals surface area (Å²) in [6.45, 7) is 10.2. The molecule has 0 bridgehead atoms. The molecule has 0 aliphatic carbocycles. The summed E-state index contributed by atoms with van der Waals surface area (Å²) in [6.07, 6.45) is 1.80. The highest BCUT2D eigenvalue weighted by atomic mass is 16.5. The normalized spacial score (nSPS) is 12.3. The summed E-state index contributed by atoms with van der Waals surface area (Å²) in [5.74, 6) is 0.304. The zero-order valence-electron chi connectivity index (χ0n) is 15.0. The van der Waals surface area contributed by atoms with Crippen molar-refractivity contribution in [1.29, 1.82) is 0 Å². The summed E-state index contributed by atoms with van der Waals surface area (Å²) >= 11 is 0. The molecule has 5 nitrogen and oxygen atoms in total. The number of benzene rings is 1. The minimum absolute atomic E-state index is 0.0567. The Morgan fingerprint density at radius 1 is 1.29 bits per heavy atom. The fraction of sp³-hybridized carbons (Fsp3) is 0.368. The maximum Gasteiger partial charge on any atom is 0.333 e. The molecule has 0 saturated heterocycles. The van der Waals surface area contributed by atoms with Gasteiger partial charge in [-0.2, -0.15) is 5.10 Å². The van der Waals surface area contributed by atoms with Gasteiger partial charge in [0.1, 0.15) is 5.82 Å². The highest BCUT2D eigenvalue weighted by Crippen LogP contribution is 2.25. The van der Waals surface area contributed by atoms with E-state index < -0.39 is 0 Å². The van der Waals surface area contributed by atoms with Gasteiger partial charge < -0.3 is 10.5 Å². The molecule has 5 heteroatoms. The van der Waals surface area contributed by atoms with E-state index in [9.17, 15) is 4.79 Å². The summed E-state index contributed by atoms with van der Waals surface area (Å²) < 4.78 is 6.71. The molecule has 2 rings (SSSR count). The first-order valence-electron chi connectivity index (χ1n) is 8.04. The molecule has 0 radical (unpaired) electrons. The van der Waals surface area contributed by atoms with Crippen molar-refractivity contribution in [3.63, 3.8) is 0 Å². The lowest BCUT2D eigenvalue weighted by molar-refractivity contribution is -0.138. The molecule has 0 amide bonds. The molecular formula is C19H25N3O2. The summed E-state index contributed by atoms with van der Waals surface area (Å²) in [4.78, 5) is 11.7. The third kappa shape index (κ3) is 4.04. The van der Waals surface area contributed by atoms with Crippen LogP contribution in [0, 0.1) is 0 Å².